The fourth-order valence-corrected chi connectivity index (χ4v) is 4.10. The number of benzene rings is 1. The van der Waals surface area contributed by atoms with Gasteiger partial charge in [0.2, 0.25) is 12.7 Å². The Morgan fingerprint density at radius 1 is 1.27 bits per heavy atom. The summed E-state index contributed by atoms with van der Waals surface area (Å²) in [6.07, 6.45) is 3.93. The largest absolute Gasteiger partial charge is 0.467 e. The van der Waals surface area contributed by atoms with E-state index in [2.05, 4.69) is 0 Å². The van der Waals surface area contributed by atoms with Gasteiger partial charge in [0.15, 0.2) is 17.5 Å². The van der Waals surface area contributed by atoms with Gasteiger partial charge in [-0.15, -0.1) is 11.3 Å². The lowest BCUT2D eigenvalue weighted by molar-refractivity contribution is -0.152. The molecular weight excluding hydrogens is 354 g/mol. The van der Waals surface area contributed by atoms with Crippen molar-refractivity contribution in [2.45, 2.75) is 12.5 Å². The van der Waals surface area contributed by atoms with E-state index in [0.717, 1.165) is 22.4 Å². The topological polar surface area (TPSA) is 65.1 Å². The second-order valence-electron chi connectivity index (χ2n) is 5.95. The van der Waals surface area contributed by atoms with E-state index in [4.69, 9.17) is 14.2 Å². The first kappa shape index (κ1) is 16.7. The maximum atomic E-state index is 12.7. The molecule has 2 aliphatic heterocycles. The number of fused-ring (bicyclic) bond motifs is 2. The number of esters is 1. The van der Waals surface area contributed by atoms with Crippen LogP contribution in [0.4, 0.5) is 0 Å². The molecule has 6 nitrogen and oxygen atoms in total. The van der Waals surface area contributed by atoms with Crippen LogP contribution in [0.1, 0.15) is 22.0 Å². The van der Waals surface area contributed by atoms with Gasteiger partial charge in [0, 0.05) is 17.5 Å². The molecule has 0 fully saturated rings. The minimum absolute atomic E-state index is 0.207. The standard InChI is InChI=1S/C19H17NO5S/c1-23-19(22)18-13-7-9-26-16(13)6-8-20(18)17(21)5-3-12-2-4-14-15(10-12)25-11-24-14/h2-5,7,9-10,18H,6,8,11H2,1H3. The SMILES string of the molecule is COC(=O)C1c2ccsc2CCN1C(=O)C=Cc1ccc2c(c1)OCO2. The molecule has 0 bridgehead atoms. The first-order chi connectivity index (χ1) is 12.7. The number of nitrogens with zero attached hydrogens (tertiary/aromatic N) is 1. The van der Waals surface area contributed by atoms with Crippen LogP contribution in [0.5, 0.6) is 11.5 Å². The molecule has 0 saturated carbocycles. The number of carbonyl (C=O) groups is 2. The van der Waals surface area contributed by atoms with Crippen LogP contribution in [0.25, 0.3) is 6.08 Å². The lowest BCUT2D eigenvalue weighted by atomic mass is 9.99. The van der Waals surface area contributed by atoms with Crippen LogP contribution in [0.3, 0.4) is 0 Å². The van der Waals surface area contributed by atoms with Crippen LogP contribution in [0.15, 0.2) is 35.7 Å². The van der Waals surface area contributed by atoms with Crippen LogP contribution in [-0.2, 0) is 20.7 Å². The first-order valence-electron chi connectivity index (χ1n) is 8.20. The van der Waals surface area contributed by atoms with Gasteiger partial charge in [0.05, 0.1) is 7.11 Å². The molecule has 3 heterocycles. The Hall–Kier alpha value is -2.80. The van der Waals surface area contributed by atoms with Crippen molar-refractivity contribution in [3.63, 3.8) is 0 Å². The molecule has 134 valence electrons. The van der Waals surface area contributed by atoms with E-state index in [1.165, 1.54) is 13.2 Å². The van der Waals surface area contributed by atoms with Gasteiger partial charge in [-0.25, -0.2) is 4.79 Å². The Labute approximate surface area is 154 Å². The molecule has 0 saturated heterocycles. The summed E-state index contributed by atoms with van der Waals surface area (Å²) in [7, 11) is 1.34. The summed E-state index contributed by atoms with van der Waals surface area (Å²) < 4.78 is 15.6. The van der Waals surface area contributed by atoms with Crippen molar-refractivity contribution in [1.29, 1.82) is 0 Å². The van der Waals surface area contributed by atoms with E-state index >= 15 is 0 Å². The van der Waals surface area contributed by atoms with Crippen LogP contribution < -0.4 is 9.47 Å². The third-order valence-electron chi connectivity index (χ3n) is 4.49. The Kier molecular flexibility index (Phi) is 4.38. The second kappa shape index (κ2) is 6.84. The molecule has 1 amide bonds. The average molecular weight is 371 g/mol. The fourth-order valence-electron chi connectivity index (χ4n) is 3.20. The Bertz CT molecular complexity index is 888. The van der Waals surface area contributed by atoms with Gasteiger partial charge >= 0.3 is 5.97 Å². The summed E-state index contributed by atoms with van der Waals surface area (Å²) in [5, 5.41) is 1.94. The molecule has 0 spiro atoms. The number of rotatable bonds is 3. The summed E-state index contributed by atoms with van der Waals surface area (Å²) >= 11 is 1.60. The van der Waals surface area contributed by atoms with Crippen molar-refractivity contribution in [2.75, 3.05) is 20.4 Å². The molecule has 7 heteroatoms. The monoisotopic (exact) mass is 371 g/mol. The Balaban J connectivity index is 1.56. The molecule has 2 aliphatic rings. The molecule has 1 atom stereocenters. The minimum atomic E-state index is -0.691. The predicted octanol–water partition coefficient (Wildman–Crippen LogP) is 2.79. The highest BCUT2D eigenvalue weighted by Gasteiger charge is 2.36. The molecule has 2 aromatic rings. The summed E-state index contributed by atoms with van der Waals surface area (Å²) in [5.41, 5.74) is 1.68. The zero-order chi connectivity index (χ0) is 18.1. The normalized spacial score (nSPS) is 18.0. The van der Waals surface area contributed by atoms with Gasteiger partial charge in [-0.05, 0) is 47.2 Å². The summed E-state index contributed by atoms with van der Waals surface area (Å²) in [6, 6.07) is 6.67. The summed E-state index contributed by atoms with van der Waals surface area (Å²) in [6.45, 7) is 0.691. The first-order valence-corrected chi connectivity index (χ1v) is 9.08. The third-order valence-corrected chi connectivity index (χ3v) is 5.48. The number of amides is 1. The summed E-state index contributed by atoms with van der Waals surface area (Å²) in [5.74, 6) is 0.706. The Morgan fingerprint density at radius 2 is 2.12 bits per heavy atom. The summed E-state index contributed by atoms with van der Waals surface area (Å²) in [4.78, 5) is 27.7. The van der Waals surface area contributed by atoms with Gasteiger partial charge in [-0.1, -0.05) is 6.07 Å². The highest BCUT2D eigenvalue weighted by molar-refractivity contribution is 7.10. The smallest absolute Gasteiger partial charge is 0.333 e. The minimum Gasteiger partial charge on any atom is -0.467 e. The van der Waals surface area contributed by atoms with E-state index < -0.39 is 12.0 Å². The molecule has 4 rings (SSSR count). The molecule has 1 aromatic heterocycles. The van der Waals surface area contributed by atoms with E-state index in [0.29, 0.717) is 18.0 Å². The number of hydrogen-bond donors (Lipinski definition) is 0. The molecule has 0 N–H and O–H groups in total. The molecule has 1 unspecified atom stereocenters. The van der Waals surface area contributed by atoms with Crippen molar-refractivity contribution >= 4 is 29.3 Å². The number of hydrogen-bond acceptors (Lipinski definition) is 6. The van der Waals surface area contributed by atoms with E-state index in [9.17, 15) is 9.59 Å². The van der Waals surface area contributed by atoms with E-state index in [1.54, 1.807) is 22.3 Å². The van der Waals surface area contributed by atoms with Crippen LogP contribution in [-0.4, -0.2) is 37.2 Å². The number of methoxy groups -OCH3 is 1. The fraction of sp³-hybridized carbons (Fsp3) is 0.263. The van der Waals surface area contributed by atoms with E-state index in [1.807, 2.05) is 29.6 Å². The van der Waals surface area contributed by atoms with Gasteiger partial charge in [0.1, 0.15) is 0 Å². The number of carbonyl (C=O) groups excluding carboxylic acids is 2. The van der Waals surface area contributed by atoms with Gasteiger partial charge < -0.3 is 19.1 Å². The van der Waals surface area contributed by atoms with E-state index in [-0.39, 0.29) is 12.7 Å². The lowest BCUT2D eigenvalue weighted by Crippen LogP contribution is -2.42. The zero-order valence-electron chi connectivity index (χ0n) is 14.1. The second-order valence-corrected chi connectivity index (χ2v) is 6.95. The van der Waals surface area contributed by atoms with Gasteiger partial charge in [-0.2, -0.15) is 0 Å². The molecular formula is C19H17NO5S. The number of thiophene rings is 1. The molecule has 1 aromatic carbocycles. The van der Waals surface area contributed by atoms with Gasteiger partial charge in [0.25, 0.3) is 0 Å². The van der Waals surface area contributed by atoms with Crippen molar-refractivity contribution < 1.29 is 23.8 Å². The zero-order valence-corrected chi connectivity index (χ0v) is 15.0. The maximum Gasteiger partial charge on any atom is 0.333 e. The molecule has 0 radical (unpaired) electrons. The van der Waals surface area contributed by atoms with Crippen molar-refractivity contribution in [3.8, 4) is 11.5 Å². The highest BCUT2D eigenvalue weighted by Crippen LogP contribution is 2.35. The van der Waals surface area contributed by atoms with Crippen LogP contribution in [0, 0.1) is 0 Å². The molecule has 26 heavy (non-hydrogen) atoms. The number of ether oxygens (including phenoxy) is 3. The predicted molar refractivity (Wildman–Crippen MR) is 96.1 cm³/mol. The lowest BCUT2D eigenvalue weighted by Gasteiger charge is -2.33. The van der Waals surface area contributed by atoms with Crippen LogP contribution >= 0.6 is 11.3 Å². The van der Waals surface area contributed by atoms with Gasteiger partial charge in [-0.3, -0.25) is 4.79 Å². The van der Waals surface area contributed by atoms with Crippen molar-refractivity contribution in [2.24, 2.45) is 0 Å². The third kappa shape index (κ3) is 2.94. The van der Waals surface area contributed by atoms with Crippen molar-refractivity contribution in [1.82, 2.24) is 4.90 Å². The molecule has 0 aliphatic carbocycles. The maximum absolute atomic E-state index is 12.7. The van der Waals surface area contributed by atoms with Crippen molar-refractivity contribution in [3.05, 3.63) is 51.7 Å². The Morgan fingerprint density at radius 3 is 2.96 bits per heavy atom. The average Bonchev–Trinajstić information content (AvgIpc) is 3.32. The quantitative estimate of drug-likeness (QED) is 0.613. The van der Waals surface area contributed by atoms with Crippen LogP contribution in [0.2, 0.25) is 0 Å². The highest BCUT2D eigenvalue weighted by atomic mass is 32.1.